The molecule has 1 aromatic carbocycles. The van der Waals surface area contributed by atoms with Crippen LogP contribution in [0.5, 0.6) is 5.75 Å². The zero-order valence-corrected chi connectivity index (χ0v) is 21.2. The van der Waals surface area contributed by atoms with Crippen molar-refractivity contribution < 1.29 is 19.1 Å². The summed E-state index contributed by atoms with van der Waals surface area (Å²) in [6, 6.07) is 10.4. The SMILES string of the molecule is C[C@@H](NC(=O)[C@@H]1CC2(CC2)CN1C(=O)CNC(=O)CCCOc1ccccc1)c1cc(C(=N)N)cs1. The molecule has 5 N–H and O–H groups in total. The molecule has 4 rings (SSSR count). The monoisotopic (exact) mass is 511 g/mol. The minimum Gasteiger partial charge on any atom is -0.494 e. The predicted octanol–water partition coefficient (Wildman–Crippen LogP) is 2.57. The summed E-state index contributed by atoms with van der Waals surface area (Å²) in [4.78, 5) is 40.9. The lowest BCUT2D eigenvalue weighted by molar-refractivity contribution is -0.139. The lowest BCUT2D eigenvalue weighted by Gasteiger charge is -2.25. The van der Waals surface area contributed by atoms with Crippen molar-refractivity contribution >= 4 is 34.9 Å². The Bertz CT molecular complexity index is 1110. The van der Waals surface area contributed by atoms with Gasteiger partial charge in [-0.2, -0.15) is 0 Å². The lowest BCUT2D eigenvalue weighted by atomic mass is 10.0. The second-order valence-electron chi connectivity index (χ2n) is 9.67. The van der Waals surface area contributed by atoms with Crippen LogP contribution in [0.1, 0.15) is 55.5 Å². The van der Waals surface area contributed by atoms with Crippen LogP contribution < -0.4 is 21.1 Å². The molecule has 1 aliphatic carbocycles. The zero-order valence-electron chi connectivity index (χ0n) is 20.4. The molecule has 2 heterocycles. The van der Waals surface area contributed by atoms with E-state index >= 15 is 0 Å². The fourth-order valence-electron chi connectivity index (χ4n) is 4.50. The van der Waals surface area contributed by atoms with E-state index in [0.29, 0.717) is 31.6 Å². The van der Waals surface area contributed by atoms with Crippen LogP contribution in [0.4, 0.5) is 0 Å². The molecule has 1 saturated heterocycles. The van der Waals surface area contributed by atoms with Gasteiger partial charge in [0.2, 0.25) is 17.7 Å². The van der Waals surface area contributed by atoms with Crippen LogP contribution in [0.3, 0.4) is 0 Å². The number of ether oxygens (including phenoxy) is 1. The molecule has 0 unspecified atom stereocenters. The number of para-hydroxylation sites is 1. The fraction of sp³-hybridized carbons (Fsp3) is 0.462. The number of nitrogens with zero attached hydrogens (tertiary/aromatic N) is 1. The van der Waals surface area contributed by atoms with Crippen molar-refractivity contribution in [3.05, 3.63) is 52.2 Å². The lowest BCUT2D eigenvalue weighted by Crippen LogP contribution is -2.49. The summed E-state index contributed by atoms with van der Waals surface area (Å²) in [6.07, 6.45) is 3.46. The van der Waals surface area contributed by atoms with Crippen LogP contribution in [-0.2, 0) is 14.4 Å². The van der Waals surface area contributed by atoms with Gasteiger partial charge in [-0.05, 0) is 56.2 Å². The number of nitrogen functional groups attached to an aromatic ring is 1. The maximum absolute atomic E-state index is 13.2. The van der Waals surface area contributed by atoms with Gasteiger partial charge in [0.1, 0.15) is 17.6 Å². The van der Waals surface area contributed by atoms with E-state index in [9.17, 15) is 14.4 Å². The molecular weight excluding hydrogens is 478 g/mol. The second-order valence-corrected chi connectivity index (χ2v) is 10.6. The number of amides is 3. The van der Waals surface area contributed by atoms with Gasteiger partial charge >= 0.3 is 0 Å². The molecule has 2 aromatic rings. The molecule has 3 amide bonds. The van der Waals surface area contributed by atoms with E-state index in [-0.39, 0.29) is 48.0 Å². The number of carbonyl (C=O) groups excluding carboxylic acids is 3. The Morgan fingerprint density at radius 1 is 1.28 bits per heavy atom. The van der Waals surface area contributed by atoms with Crippen LogP contribution in [0.15, 0.2) is 41.8 Å². The molecular formula is C26H33N5O4S. The summed E-state index contributed by atoms with van der Waals surface area (Å²) < 4.78 is 5.59. The molecule has 1 aliphatic heterocycles. The van der Waals surface area contributed by atoms with Gasteiger partial charge in [0.05, 0.1) is 19.2 Å². The molecule has 1 saturated carbocycles. The highest BCUT2D eigenvalue weighted by atomic mass is 32.1. The summed E-state index contributed by atoms with van der Waals surface area (Å²) in [6.45, 7) is 2.72. The maximum Gasteiger partial charge on any atom is 0.243 e. The number of rotatable bonds is 11. The first-order chi connectivity index (χ1) is 17.3. The third-order valence-electron chi connectivity index (χ3n) is 6.80. The Labute approximate surface area is 214 Å². The van der Waals surface area contributed by atoms with E-state index in [4.69, 9.17) is 15.9 Å². The van der Waals surface area contributed by atoms with E-state index in [1.165, 1.54) is 11.3 Å². The van der Waals surface area contributed by atoms with Gasteiger partial charge in [0.15, 0.2) is 0 Å². The van der Waals surface area contributed by atoms with Crippen LogP contribution in [-0.4, -0.2) is 54.2 Å². The minimum absolute atomic E-state index is 0.00923. The number of amidine groups is 1. The maximum atomic E-state index is 13.2. The van der Waals surface area contributed by atoms with Gasteiger partial charge in [0, 0.05) is 28.8 Å². The summed E-state index contributed by atoms with van der Waals surface area (Å²) in [5.74, 6) is 0.101. The van der Waals surface area contributed by atoms with Gasteiger partial charge in [-0.15, -0.1) is 11.3 Å². The number of carbonyl (C=O) groups is 3. The average Bonchev–Trinajstić information content (AvgIpc) is 3.26. The summed E-state index contributed by atoms with van der Waals surface area (Å²) in [5.41, 5.74) is 6.21. The molecule has 1 aromatic heterocycles. The van der Waals surface area contributed by atoms with Crippen molar-refractivity contribution in [2.75, 3.05) is 19.7 Å². The van der Waals surface area contributed by atoms with Crippen molar-refractivity contribution in [3.8, 4) is 5.75 Å². The molecule has 36 heavy (non-hydrogen) atoms. The van der Waals surface area contributed by atoms with Gasteiger partial charge in [-0.25, -0.2) is 0 Å². The van der Waals surface area contributed by atoms with Gasteiger partial charge < -0.3 is 26.0 Å². The Morgan fingerprint density at radius 2 is 2.03 bits per heavy atom. The number of nitrogens with two attached hydrogens (primary N) is 1. The molecule has 1 spiro atoms. The highest BCUT2D eigenvalue weighted by Crippen LogP contribution is 2.54. The predicted molar refractivity (Wildman–Crippen MR) is 138 cm³/mol. The van der Waals surface area contributed by atoms with Crippen molar-refractivity contribution in [1.82, 2.24) is 15.5 Å². The molecule has 2 fully saturated rings. The Morgan fingerprint density at radius 3 is 2.69 bits per heavy atom. The molecule has 10 heteroatoms. The van der Waals surface area contributed by atoms with E-state index in [2.05, 4.69) is 10.6 Å². The number of hydrogen-bond acceptors (Lipinski definition) is 6. The van der Waals surface area contributed by atoms with Crippen molar-refractivity contribution in [1.29, 1.82) is 5.41 Å². The van der Waals surface area contributed by atoms with E-state index in [1.807, 2.05) is 37.3 Å². The van der Waals surface area contributed by atoms with Crippen molar-refractivity contribution in [3.63, 3.8) is 0 Å². The van der Waals surface area contributed by atoms with Crippen molar-refractivity contribution in [2.24, 2.45) is 11.1 Å². The average molecular weight is 512 g/mol. The Hall–Kier alpha value is -3.40. The topological polar surface area (TPSA) is 138 Å². The third-order valence-corrected chi connectivity index (χ3v) is 7.92. The smallest absolute Gasteiger partial charge is 0.243 e. The van der Waals surface area contributed by atoms with Crippen LogP contribution >= 0.6 is 11.3 Å². The number of benzene rings is 1. The number of nitrogens with one attached hydrogen (secondary N) is 3. The van der Waals surface area contributed by atoms with Gasteiger partial charge in [-0.1, -0.05) is 18.2 Å². The largest absolute Gasteiger partial charge is 0.494 e. The van der Waals surface area contributed by atoms with Crippen LogP contribution in [0, 0.1) is 10.8 Å². The zero-order chi connectivity index (χ0) is 25.7. The quantitative estimate of drug-likeness (QED) is 0.209. The second kappa shape index (κ2) is 11.1. The van der Waals surface area contributed by atoms with Crippen LogP contribution in [0.2, 0.25) is 0 Å². The van der Waals surface area contributed by atoms with Gasteiger partial charge in [-0.3, -0.25) is 19.8 Å². The number of thiophene rings is 1. The highest BCUT2D eigenvalue weighted by molar-refractivity contribution is 7.10. The minimum atomic E-state index is -0.550. The number of likely N-dealkylation sites (tertiary alicyclic amines) is 1. The fourth-order valence-corrected chi connectivity index (χ4v) is 5.41. The summed E-state index contributed by atoms with van der Waals surface area (Å²) >= 11 is 1.44. The van der Waals surface area contributed by atoms with Gasteiger partial charge in [0.25, 0.3) is 0 Å². The normalized spacial score (nSPS) is 18.5. The molecule has 2 atom stereocenters. The number of hydrogen-bond donors (Lipinski definition) is 4. The van der Waals surface area contributed by atoms with Crippen molar-refractivity contribution in [2.45, 2.75) is 51.1 Å². The molecule has 9 nitrogen and oxygen atoms in total. The van der Waals surface area contributed by atoms with Crippen LogP contribution in [0.25, 0.3) is 0 Å². The van der Waals surface area contributed by atoms with E-state index < -0.39 is 6.04 Å². The summed E-state index contributed by atoms with van der Waals surface area (Å²) in [5, 5.41) is 15.1. The Kier molecular flexibility index (Phi) is 7.93. The third kappa shape index (κ3) is 6.42. The first-order valence-corrected chi connectivity index (χ1v) is 13.1. The van der Waals surface area contributed by atoms with E-state index in [0.717, 1.165) is 23.5 Å². The standard InChI is InChI=1S/C26H33N5O4S/c1-17(21-12-18(15-36-21)24(27)28)30-25(34)20-13-26(9-10-26)16-31(20)23(33)14-29-22(32)8-5-11-35-19-6-3-2-4-7-19/h2-4,6-7,12,15,17,20H,5,8-11,13-14,16H2,1H3,(H3,27,28)(H,29,32)(H,30,34)/t17-,20+/m1/s1. The molecule has 0 bridgehead atoms. The molecule has 0 radical (unpaired) electrons. The first kappa shape index (κ1) is 25.7. The molecule has 192 valence electrons. The first-order valence-electron chi connectivity index (χ1n) is 12.2. The Balaban J connectivity index is 1.25. The highest BCUT2D eigenvalue weighted by Gasteiger charge is 2.55. The summed E-state index contributed by atoms with van der Waals surface area (Å²) in [7, 11) is 0. The van der Waals surface area contributed by atoms with E-state index in [1.54, 1.807) is 16.3 Å². The molecule has 2 aliphatic rings.